The maximum atomic E-state index is 11.6. The molecule has 19 heavy (non-hydrogen) atoms. The normalized spacial score (nSPS) is 9.16. The third-order valence-electron chi connectivity index (χ3n) is 2.48. The predicted octanol–water partition coefficient (Wildman–Crippen LogP) is 4.11. The third-order valence-corrected chi connectivity index (χ3v) is 2.48. The van der Waals surface area contributed by atoms with E-state index in [2.05, 4.69) is 0 Å². The first kappa shape index (κ1) is 15.0. The topological polar surface area (TPSA) is 26.3 Å². The van der Waals surface area contributed by atoms with Crippen LogP contribution in [0.25, 0.3) is 0 Å². The summed E-state index contributed by atoms with van der Waals surface area (Å²) in [6.45, 7) is 4.41. The van der Waals surface area contributed by atoms with E-state index >= 15 is 0 Å². The van der Waals surface area contributed by atoms with E-state index in [9.17, 15) is 4.79 Å². The lowest BCUT2D eigenvalue weighted by Gasteiger charge is -2.04. The van der Waals surface area contributed by atoms with Crippen molar-refractivity contribution in [3.8, 4) is 0 Å². The van der Waals surface area contributed by atoms with Crippen LogP contribution in [0.2, 0.25) is 0 Å². The number of ether oxygens (including phenoxy) is 1. The molecule has 0 aliphatic heterocycles. The van der Waals surface area contributed by atoms with Gasteiger partial charge in [-0.15, -0.1) is 0 Å². The number of carbonyl (C=O) groups is 1. The largest absolute Gasteiger partial charge is 0.462 e. The average molecular weight is 256 g/mol. The van der Waals surface area contributed by atoms with Gasteiger partial charge in [0, 0.05) is 6.42 Å². The number of hydrogen-bond donors (Lipinski definition) is 0. The van der Waals surface area contributed by atoms with E-state index < -0.39 is 0 Å². The van der Waals surface area contributed by atoms with Crippen molar-refractivity contribution in [3.05, 3.63) is 71.8 Å². The lowest BCUT2D eigenvalue weighted by atomic mass is 10.2. The van der Waals surface area contributed by atoms with Crippen LogP contribution in [0.1, 0.15) is 29.8 Å². The molecule has 2 rings (SSSR count). The van der Waals surface area contributed by atoms with Crippen molar-refractivity contribution in [1.82, 2.24) is 0 Å². The highest BCUT2D eigenvalue weighted by Gasteiger charge is 2.05. The quantitative estimate of drug-likeness (QED) is 0.769. The van der Waals surface area contributed by atoms with Crippen LogP contribution in [0, 0.1) is 0 Å². The van der Waals surface area contributed by atoms with Crippen molar-refractivity contribution >= 4 is 5.97 Å². The second-order valence-corrected chi connectivity index (χ2v) is 3.74. The zero-order chi connectivity index (χ0) is 13.9. The first-order chi connectivity index (χ1) is 9.36. The van der Waals surface area contributed by atoms with Crippen molar-refractivity contribution in [2.75, 3.05) is 6.61 Å². The smallest absolute Gasteiger partial charge is 0.338 e. The van der Waals surface area contributed by atoms with Crippen molar-refractivity contribution in [2.24, 2.45) is 0 Å². The van der Waals surface area contributed by atoms with Crippen LogP contribution < -0.4 is 0 Å². The Hall–Kier alpha value is -2.09. The fourth-order valence-corrected chi connectivity index (χ4v) is 1.56. The molecule has 0 spiro atoms. The van der Waals surface area contributed by atoms with Gasteiger partial charge in [-0.25, -0.2) is 4.79 Å². The minimum Gasteiger partial charge on any atom is -0.462 e. The molecule has 2 nitrogen and oxygen atoms in total. The first-order valence-corrected chi connectivity index (χ1v) is 6.62. The standard InChI is InChI=1S/C15H14O2.C2H6/c16-15(14-9-5-2-6-10-14)17-12-11-13-7-3-1-4-8-13;1-2/h1-10H,11-12H2;1-2H3. The Labute approximate surface area is 115 Å². The average Bonchev–Trinajstić information content (AvgIpc) is 2.51. The maximum Gasteiger partial charge on any atom is 0.338 e. The fraction of sp³-hybridized carbons (Fsp3) is 0.235. The molecule has 0 unspecified atom stereocenters. The second-order valence-electron chi connectivity index (χ2n) is 3.74. The highest BCUT2D eigenvalue weighted by atomic mass is 16.5. The van der Waals surface area contributed by atoms with Crippen LogP contribution in [-0.4, -0.2) is 12.6 Å². The molecular formula is C17H20O2. The van der Waals surface area contributed by atoms with Gasteiger partial charge in [0.15, 0.2) is 0 Å². The van der Waals surface area contributed by atoms with Gasteiger partial charge < -0.3 is 4.74 Å². The summed E-state index contributed by atoms with van der Waals surface area (Å²) in [5.74, 6) is -0.262. The van der Waals surface area contributed by atoms with E-state index in [0.717, 1.165) is 6.42 Å². The highest BCUT2D eigenvalue weighted by molar-refractivity contribution is 5.89. The molecule has 0 N–H and O–H groups in total. The molecule has 0 aromatic heterocycles. The monoisotopic (exact) mass is 256 g/mol. The van der Waals surface area contributed by atoms with Crippen molar-refractivity contribution in [2.45, 2.75) is 20.3 Å². The summed E-state index contributed by atoms with van der Waals surface area (Å²) in [5.41, 5.74) is 1.77. The van der Waals surface area contributed by atoms with Crippen LogP contribution >= 0.6 is 0 Å². The van der Waals surface area contributed by atoms with E-state index in [1.807, 2.05) is 62.4 Å². The zero-order valence-corrected chi connectivity index (χ0v) is 11.5. The van der Waals surface area contributed by atoms with Gasteiger partial charge in [-0.1, -0.05) is 62.4 Å². The lowest BCUT2D eigenvalue weighted by Crippen LogP contribution is -2.07. The van der Waals surface area contributed by atoms with Crippen molar-refractivity contribution in [3.63, 3.8) is 0 Å². The number of esters is 1. The van der Waals surface area contributed by atoms with Gasteiger partial charge >= 0.3 is 5.97 Å². The van der Waals surface area contributed by atoms with Crippen LogP contribution in [0.3, 0.4) is 0 Å². The van der Waals surface area contributed by atoms with Crippen LogP contribution in [0.15, 0.2) is 60.7 Å². The predicted molar refractivity (Wildman–Crippen MR) is 78.2 cm³/mol. The Bertz CT molecular complexity index is 463. The molecule has 0 saturated carbocycles. The summed E-state index contributed by atoms with van der Waals surface area (Å²) in [6.07, 6.45) is 0.749. The molecule has 0 aliphatic rings. The molecule has 0 heterocycles. The van der Waals surface area contributed by atoms with Gasteiger partial charge in [0.05, 0.1) is 12.2 Å². The van der Waals surface area contributed by atoms with Crippen molar-refractivity contribution < 1.29 is 9.53 Å². The molecule has 0 fully saturated rings. The highest BCUT2D eigenvalue weighted by Crippen LogP contribution is 2.03. The lowest BCUT2D eigenvalue weighted by molar-refractivity contribution is 0.0509. The van der Waals surface area contributed by atoms with Gasteiger partial charge in [0.2, 0.25) is 0 Å². The number of carbonyl (C=O) groups excluding carboxylic acids is 1. The van der Waals surface area contributed by atoms with Crippen LogP contribution in [-0.2, 0) is 11.2 Å². The molecule has 0 atom stereocenters. The van der Waals surface area contributed by atoms with Crippen LogP contribution in [0.5, 0.6) is 0 Å². The Morgan fingerprint density at radius 3 is 2.00 bits per heavy atom. The van der Waals surface area contributed by atoms with E-state index in [1.54, 1.807) is 12.1 Å². The molecule has 0 saturated heterocycles. The first-order valence-electron chi connectivity index (χ1n) is 6.62. The maximum absolute atomic E-state index is 11.6. The molecule has 2 aromatic carbocycles. The summed E-state index contributed by atoms with van der Waals surface area (Å²) < 4.78 is 5.19. The van der Waals surface area contributed by atoms with E-state index in [-0.39, 0.29) is 5.97 Å². The summed E-state index contributed by atoms with van der Waals surface area (Å²) in [7, 11) is 0. The molecular weight excluding hydrogens is 236 g/mol. The Morgan fingerprint density at radius 2 is 1.42 bits per heavy atom. The minimum atomic E-state index is -0.262. The van der Waals surface area contributed by atoms with E-state index in [1.165, 1.54) is 5.56 Å². The minimum absolute atomic E-state index is 0.262. The zero-order valence-electron chi connectivity index (χ0n) is 11.5. The van der Waals surface area contributed by atoms with Crippen LogP contribution in [0.4, 0.5) is 0 Å². The summed E-state index contributed by atoms with van der Waals surface area (Å²) in [5, 5.41) is 0. The second kappa shape index (κ2) is 8.92. The Kier molecular flexibility index (Phi) is 7.03. The van der Waals surface area contributed by atoms with E-state index in [0.29, 0.717) is 12.2 Å². The Balaban J connectivity index is 0.000000861. The summed E-state index contributed by atoms with van der Waals surface area (Å²) >= 11 is 0. The molecule has 0 aliphatic carbocycles. The van der Waals surface area contributed by atoms with Crippen molar-refractivity contribution in [1.29, 1.82) is 0 Å². The molecule has 0 radical (unpaired) electrons. The molecule has 0 amide bonds. The van der Waals surface area contributed by atoms with Gasteiger partial charge in [-0.05, 0) is 17.7 Å². The Morgan fingerprint density at radius 1 is 0.895 bits per heavy atom. The number of hydrogen-bond acceptors (Lipinski definition) is 2. The summed E-state index contributed by atoms with van der Waals surface area (Å²) in [6, 6.07) is 19.0. The molecule has 0 bridgehead atoms. The summed E-state index contributed by atoms with van der Waals surface area (Å²) in [4.78, 5) is 11.6. The van der Waals surface area contributed by atoms with Gasteiger partial charge in [-0.2, -0.15) is 0 Å². The fourth-order valence-electron chi connectivity index (χ4n) is 1.56. The number of rotatable bonds is 4. The number of benzene rings is 2. The molecule has 2 aromatic rings. The molecule has 100 valence electrons. The van der Waals surface area contributed by atoms with E-state index in [4.69, 9.17) is 4.74 Å². The molecule has 2 heteroatoms. The van der Waals surface area contributed by atoms with Gasteiger partial charge in [-0.3, -0.25) is 0 Å². The third kappa shape index (κ3) is 5.38. The van der Waals surface area contributed by atoms with Gasteiger partial charge in [0.1, 0.15) is 0 Å². The van der Waals surface area contributed by atoms with Gasteiger partial charge in [0.25, 0.3) is 0 Å². The SMILES string of the molecule is CC.O=C(OCCc1ccccc1)c1ccccc1.